The van der Waals surface area contributed by atoms with Gasteiger partial charge in [0.2, 0.25) is 0 Å². The molecule has 0 atom stereocenters. The highest BCUT2D eigenvalue weighted by Gasteiger charge is 2.08. The van der Waals surface area contributed by atoms with E-state index in [1.807, 2.05) is 13.0 Å². The van der Waals surface area contributed by atoms with Gasteiger partial charge in [0.05, 0.1) is 12.7 Å². The number of amides is 1. The summed E-state index contributed by atoms with van der Waals surface area (Å²) in [5, 5.41) is 12.0. The standard InChI is InChI=1S/C23H24N2O4/c1-3-4-13-25-22(26)20(15-24)14-17-7-11-21(12-8-17)29-16-18-5-9-19(10-6-18)23(27)28-2/h5-12,14H,3-4,13,16H2,1-2H3,(H,25,26)/b20-14+. The number of hydrogen-bond donors (Lipinski definition) is 1. The number of carbonyl (C=O) groups excluding carboxylic acids is 2. The number of benzene rings is 2. The van der Waals surface area contributed by atoms with Gasteiger partial charge in [-0.15, -0.1) is 0 Å². The molecule has 0 radical (unpaired) electrons. The van der Waals surface area contributed by atoms with Crippen molar-refractivity contribution in [2.75, 3.05) is 13.7 Å². The van der Waals surface area contributed by atoms with Crippen molar-refractivity contribution in [3.8, 4) is 11.8 Å². The minimum Gasteiger partial charge on any atom is -0.489 e. The Morgan fingerprint density at radius 2 is 1.79 bits per heavy atom. The minimum absolute atomic E-state index is 0.0699. The maximum atomic E-state index is 12.0. The molecule has 2 aromatic rings. The number of unbranched alkanes of at least 4 members (excludes halogenated alkanes) is 1. The summed E-state index contributed by atoms with van der Waals surface area (Å²) in [6.45, 7) is 2.94. The highest BCUT2D eigenvalue weighted by molar-refractivity contribution is 6.01. The summed E-state index contributed by atoms with van der Waals surface area (Å²) in [5.41, 5.74) is 2.21. The van der Waals surface area contributed by atoms with Crippen LogP contribution in [0.1, 0.15) is 41.3 Å². The summed E-state index contributed by atoms with van der Waals surface area (Å²) in [6, 6.07) is 16.0. The molecule has 0 aliphatic carbocycles. The molecule has 0 heterocycles. The van der Waals surface area contributed by atoms with Gasteiger partial charge in [0.25, 0.3) is 5.91 Å². The maximum absolute atomic E-state index is 12.0. The molecule has 6 heteroatoms. The first-order valence-corrected chi connectivity index (χ1v) is 9.37. The van der Waals surface area contributed by atoms with Crippen molar-refractivity contribution in [1.29, 1.82) is 5.26 Å². The van der Waals surface area contributed by atoms with E-state index in [-0.39, 0.29) is 17.4 Å². The van der Waals surface area contributed by atoms with Gasteiger partial charge < -0.3 is 14.8 Å². The number of rotatable bonds is 9. The topological polar surface area (TPSA) is 88.4 Å². The molecule has 0 spiro atoms. The number of esters is 1. The fraction of sp³-hybridized carbons (Fsp3) is 0.261. The number of carbonyl (C=O) groups is 2. The van der Waals surface area contributed by atoms with E-state index in [1.54, 1.807) is 54.6 Å². The van der Waals surface area contributed by atoms with Gasteiger partial charge in [-0.05, 0) is 47.9 Å². The first-order valence-electron chi connectivity index (χ1n) is 9.37. The van der Waals surface area contributed by atoms with Crippen LogP contribution in [0.15, 0.2) is 54.1 Å². The van der Waals surface area contributed by atoms with Crippen LogP contribution in [0.2, 0.25) is 0 Å². The van der Waals surface area contributed by atoms with Gasteiger partial charge in [-0.3, -0.25) is 4.79 Å². The lowest BCUT2D eigenvalue weighted by atomic mass is 10.1. The molecule has 0 saturated carbocycles. The van der Waals surface area contributed by atoms with Crippen LogP contribution < -0.4 is 10.1 Å². The monoisotopic (exact) mass is 392 g/mol. The minimum atomic E-state index is -0.378. The van der Waals surface area contributed by atoms with E-state index in [0.717, 1.165) is 24.0 Å². The Morgan fingerprint density at radius 3 is 2.38 bits per heavy atom. The number of ether oxygens (including phenoxy) is 2. The van der Waals surface area contributed by atoms with E-state index in [4.69, 9.17) is 4.74 Å². The first-order chi connectivity index (χ1) is 14.1. The summed E-state index contributed by atoms with van der Waals surface area (Å²) in [6.07, 6.45) is 3.40. The zero-order valence-electron chi connectivity index (χ0n) is 16.6. The van der Waals surface area contributed by atoms with E-state index in [0.29, 0.717) is 24.5 Å². The lowest BCUT2D eigenvalue weighted by molar-refractivity contribution is -0.117. The van der Waals surface area contributed by atoms with E-state index < -0.39 is 0 Å². The van der Waals surface area contributed by atoms with Gasteiger partial charge in [-0.2, -0.15) is 5.26 Å². The maximum Gasteiger partial charge on any atom is 0.337 e. The van der Waals surface area contributed by atoms with Crippen molar-refractivity contribution < 1.29 is 19.1 Å². The molecule has 0 saturated heterocycles. The molecule has 2 aromatic carbocycles. The molecule has 150 valence electrons. The van der Waals surface area contributed by atoms with Crippen LogP contribution in [0.3, 0.4) is 0 Å². The van der Waals surface area contributed by atoms with Gasteiger partial charge in [-0.25, -0.2) is 4.79 Å². The number of nitriles is 1. The Bertz CT molecular complexity index is 894. The molecule has 6 nitrogen and oxygen atoms in total. The van der Waals surface area contributed by atoms with Crippen LogP contribution in [-0.4, -0.2) is 25.5 Å². The summed E-state index contributed by atoms with van der Waals surface area (Å²) in [7, 11) is 1.34. The van der Waals surface area contributed by atoms with E-state index >= 15 is 0 Å². The quantitative estimate of drug-likeness (QED) is 0.303. The predicted molar refractivity (Wildman–Crippen MR) is 110 cm³/mol. The Hall–Kier alpha value is -3.59. The lowest BCUT2D eigenvalue weighted by Gasteiger charge is -2.07. The van der Waals surface area contributed by atoms with Crippen molar-refractivity contribution >= 4 is 18.0 Å². The van der Waals surface area contributed by atoms with Crippen molar-refractivity contribution in [3.05, 3.63) is 70.8 Å². The molecule has 0 aliphatic rings. The largest absolute Gasteiger partial charge is 0.489 e. The van der Waals surface area contributed by atoms with E-state index in [9.17, 15) is 14.9 Å². The second-order valence-corrected chi connectivity index (χ2v) is 6.33. The highest BCUT2D eigenvalue weighted by Crippen LogP contribution is 2.16. The van der Waals surface area contributed by atoms with Gasteiger partial charge in [0.15, 0.2) is 0 Å². The zero-order valence-corrected chi connectivity index (χ0v) is 16.6. The molecule has 0 bridgehead atoms. The van der Waals surface area contributed by atoms with Crippen LogP contribution in [-0.2, 0) is 16.1 Å². The average molecular weight is 392 g/mol. The molecule has 0 fully saturated rings. The average Bonchev–Trinajstić information content (AvgIpc) is 2.76. The van der Waals surface area contributed by atoms with Gasteiger partial charge in [-0.1, -0.05) is 37.6 Å². The number of methoxy groups -OCH3 is 1. The van der Waals surface area contributed by atoms with Crippen molar-refractivity contribution in [2.45, 2.75) is 26.4 Å². The summed E-state index contributed by atoms with van der Waals surface area (Å²) in [4.78, 5) is 23.4. The summed E-state index contributed by atoms with van der Waals surface area (Å²) < 4.78 is 10.4. The Labute approximate surface area is 170 Å². The summed E-state index contributed by atoms with van der Waals surface area (Å²) >= 11 is 0. The van der Waals surface area contributed by atoms with Crippen molar-refractivity contribution in [1.82, 2.24) is 5.32 Å². The van der Waals surface area contributed by atoms with Gasteiger partial charge >= 0.3 is 5.97 Å². The second kappa shape index (κ2) is 11.3. The third kappa shape index (κ3) is 6.82. The molecule has 2 rings (SSSR count). The molecule has 0 aliphatic heterocycles. The highest BCUT2D eigenvalue weighted by atomic mass is 16.5. The Kier molecular flexibility index (Phi) is 8.46. The smallest absolute Gasteiger partial charge is 0.337 e. The first kappa shape index (κ1) is 21.7. The molecule has 1 amide bonds. The van der Waals surface area contributed by atoms with Crippen LogP contribution in [0.25, 0.3) is 6.08 Å². The summed E-state index contributed by atoms with van der Waals surface area (Å²) in [5.74, 6) is -0.0846. The van der Waals surface area contributed by atoms with Gasteiger partial charge in [0, 0.05) is 6.54 Å². The SMILES string of the molecule is CCCCNC(=O)/C(C#N)=C/c1ccc(OCc2ccc(C(=O)OC)cc2)cc1. The fourth-order valence-electron chi connectivity index (χ4n) is 2.47. The van der Waals surface area contributed by atoms with E-state index in [1.165, 1.54) is 7.11 Å². The molecular formula is C23H24N2O4. The lowest BCUT2D eigenvalue weighted by Crippen LogP contribution is -2.25. The number of nitrogens with zero attached hydrogens (tertiary/aromatic N) is 1. The van der Waals surface area contributed by atoms with Crippen LogP contribution in [0.4, 0.5) is 0 Å². The molecule has 1 N–H and O–H groups in total. The Morgan fingerprint density at radius 1 is 1.10 bits per heavy atom. The second-order valence-electron chi connectivity index (χ2n) is 6.33. The third-order valence-corrected chi connectivity index (χ3v) is 4.15. The van der Waals surface area contributed by atoms with Gasteiger partial charge in [0.1, 0.15) is 24.0 Å². The van der Waals surface area contributed by atoms with Crippen molar-refractivity contribution in [2.24, 2.45) is 0 Å². The zero-order chi connectivity index (χ0) is 21.1. The van der Waals surface area contributed by atoms with E-state index in [2.05, 4.69) is 10.1 Å². The Balaban J connectivity index is 1.94. The van der Waals surface area contributed by atoms with Crippen molar-refractivity contribution in [3.63, 3.8) is 0 Å². The molecule has 0 aromatic heterocycles. The fourth-order valence-corrected chi connectivity index (χ4v) is 2.47. The normalized spacial score (nSPS) is 10.7. The van der Waals surface area contributed by atoms with Crippen LogP contribution >= 0.6 is 0 Å². The molecular weight excluding hydrogens is 368 g/mol. The number of hydrogen-bond acceptors (Lipinski definition) is 5. The predicted octanol–water partition coefficient (Wildman–Crippen LogP) is 3.88. The molecule has 0 unspecified atom stereocenters. The third-order valence-electron chi connectivity index (χ3n) is 4.15. The van der Waals surface area contributed by atoms with Crippen LogP contribution in [0.5, 0.6) is 5.75 Å². The number of nitrogens with one attached hydrogen (secondary N) is 1. The molecule has 29 heavy (non-hydrogen) atoms. The van der Waals surface area contributed by atoms with Crippen LogP contribution in [0, 0.1) is 11.3 Å².